The van der Waals surface area contributed by atoms with E-state index in [2.05, 4.69) is 11.8 Å². The Morgan fingerprint density at radius 2 is 2.19 bits per heavy atom. The number of rotatable bonds is 3. The summed E-state index contributed by atoms with van der Waals surface area (Å²) in [5, 5.41) is 8.91. The van der Waals surface area contributed by atoms with Crippen molar-refractivity contribution in [2.45, 2.75) is 25.4 Å². The number of hydrogen-bond donors (Lipinski definition) is 2. The number of ether oxygens (including phenoxy) is 1. The third-order valence-electron chi connectivity index (χ3n) is 3.35. The van der Waals surface area contributed by atoms with Crippen LogP contribution in [-0.4, -0.2) is 41.8 Å². The molecule has 0 saturated carbocycles. The summed E-state index contributed by atoms with van der Waals surface area (Å²) in [6, 6.07) is 7.66. The highest BCUT2D eigenvalue weighted by molar-refractivity contribution is 5.65. The highest BCUT2D eigenvalue weighted by atomic mass is 16.5. The van der Waals surface area contributed by atoms with E-state index in [1.165, 1.54) is 4.90 Å². The molecule has 1 aliphatic rings. The lowest BCUT2D eigenvalue weighted by Gasteiger charge is -2.30. The quantitative estimate of drug-likeness (QED) is 0.833. The van der Waals surface area contributed by atoms with Crippen LogP contribution in [0.5, 0.6) is 5.75 Å². The van der Waals surface area contributed by atoms with Gasteiger partial charge in [-0.25, -0.2) is 4.79 Å². The average molecular weight is 288 g/mol. The maximum absolute atomic E-state index is 10.9. The van der Waals surface area contributed by atoms with Gasteiger partial charge < -0.3 is 20.5 Å². The van der Waals surface area contributed by atoms with Gasteiger partial charge in [-0.05, 0) is 18.2 Å². The zero-order chi connectivity index (χ0) is 15.1. The van der Waals surface area contributed by atoms with Gasteiger partial charge in [0.2, 0.25) is 0 Å². The van der Waals surface area contributed by atoms with Crippen LogP contribution >= 0.6 is 0 Å². The maximum atomic E-state index is 10.9. The first kappa shape index (κ1) is 15.2. The van der Waals surface area contributed by atoms with Crippen molar-refractivity contribution >= 4 is 6.09 Å². The van der Waals surface area contributed by atoms with Gasteiger partial charge in [0.15, 0.2) is 0 Å². The zero-order valence-electron chi connectivity index (χ0n) is 11.9. The molecule has 0 unspecified atom stereocenters. The lowest BCUT2D eigenvalue weighted by atomic mass is 10.1. The summed E-state index contributed by atoms with van der Waals surface area (Å²) >= 11 is 0. The predicted octanol–water partition coefficient (Wildman–Crippen LogP) is 1.91. The number of amides is 1. The van der Waals surface area contributed by atoms with E-state index in [1.807, 2.05) is 24.3 Å². The summed E-state index contributed by atoms with van der Waals surface area (Å²) < 4.78 is 5.92. The zero-order valence-corrected chi connectivity index (χ0v) is 11.9. The van der Waals surface area contributed by atoms with Crippen molar-refractivity contribution in [3.05, 3.63) is 29.8 Å². The molecule has 21 heavy (non-hydrogen) atoms. The van der Waals surface area contributed by atoms with E-state index in [0.29, 0.717) is 26.1 Å². The fraction of sp³-hybridized carbons (Fsp3) is 0.438. The Kier molecular flexibility index (Phi) is 5.47. The van der Waals surface area contributed by atoms with Gasteiger partial charge in [-0.1, -0.05) is 17.9 Å². The normalized spacial score (nSPS) is 15.2. The molecule has 1 saturated heterocycles. The number of benzene rings is 1. The van der Waals surface area contributed by atoms with Crippen LogP contribution < -0.4 is 10.5 Å². The van der Waals surface area contributed by atoms with Gasteiger partial charge >= 0.3 is 6.09 Å². The van der Waals surface area contributed by atoms with Crippen molar-refractivity contribution in [3.63, 3.8) is 0 Å². The smallest absolute Gasteiger partial charge is 0.407 e. The molecule has 0 atom stereocenters. The summed E-state index contributed by atoms with van der Waals surface area (Å²) in [5.41, 5.74) is 6.31. The molecule has 0 spiro atoms. The second kappa shape index (κ2) is 7.55. The Hall–Kier alpha value is -2.19. The number of hydrogen-bond acceptors (Lipinski definition) is 3. The average Bonchev–Trinajstić information content (AvgIpc) is 2.48. The minimum absolute atomic E-state index is 0.0628. The second-order valence-electron chi connectivity index (χ2n) is 4.96. The lowest BCUT2D eigenvalue weighted by molar-refractivity contribution is 0.0895. The van der Waals surface area contributed by atoms with E-state index < -0.39 is 6.09 Å². The molecule has 3 N–H and O–H groups in total. The molecule has 1 amide bonds. The number of nitrogens with two attached hydrogens (primary N) is 1. The van der Waals surface area contributed by atoms with Crippen LogP contribution in [0.25, 0.3) is 0 Å². The molecule has 5 nitrogen and oxygen atoms in total. The van der Waals surface area contributed by atoms with Crippen LogP contribution in [0.2, 0.25) is 0 Å². The van der Waals surface area contributed by atoms with Crippen molar-refractivity contribution in [2.24, 2.45) is 5.73 Å². The molecule has 0 bridgehead atoms. The molecule has 112 valence electrons. The van der Waals surface area contributed by atoms with Crippen LogP contribution in [0.4, 0.5) is 4.79 Å². The second-order valence-corrected chi connectivity index (χ2v) is 4.96. The Labute approximate surface area is 124 Å². The van der Waals surface area contributed by atoms with Gasteiger partial charge in [-0.15, -0.1) is 0 Å². The molecule has 0 aliphatic carbocycles. The highest BCUT2D eigenvalue weighted by Crippen LogP contribution is 2.20. The Morgan fingerprint density at radius 3 is 2.86 bits per heavy atom. The third-order valence-corrected chi connectivity index (χ3v) is 3.35. The van der Waals surface area contributed by atoms with Crippen LogP contribution in [0, 0.1) is 11.8 Å². The van der Waals surface area contributed by atoms with Crippen LogP contribution in [0.15, 0.2) is 24.3 Å². The first-order valence-corrected chi connectivity index (χ1v) is 7.12. The van der Waals surface area contributed by atoms with Gasteiger partial charge in [-0.2, -0.15) is 0 Å². The van der Waals surface area contributed by atoms with Crippen molar-refractivity contribution in [2.75, 3.05) is 19.6 Å². The van der Waals surface area contributed by atoms with E-state index in [9.17, 15) is 4.79 Å². The van der Waals surface area contributed by atoms with Crippen LogP contribution in [-0.2, 0) is 0 Å². The van der Waals surface area contributed by atoms with Gasteiger partial charge in [0, 0.05) is 44.5 Å². The number of carboxylic acid groups (broad SMARTS) is 1. The molecular formula is C16H20N2O3. The number of piperidine rings is 1. The summed E-state index contributed by atoms with van der Waals surface area (Å²) in [7, 11) is 0. The molecule has 2 rings (SSSR count). The van der Waals surface area contributed by atoms with Gasteiger partial charge in [0.25, 0.3) is 0 Å². The lowest BCUT2D eigenvalue weighted by Crippen LogP contribution is -2.41. The molecular weight excluding hydrogens is 268 g/mol. The van der Waals surface area contributed by atoms with Crippen molar-refractivity contribution in [3.8, 4) is 17.6 Å². The summed E-state index contributed by atoms with van der Waals surface area (Å²) in [6.45, 7) is 1.61. The first-order chi connectivity index (χ1) is 10.2. The minimum Gasteiger partial charge on any atom is -0.490 e. The molecule has 1 aromatic carbocycles. The van der Waals surface area contributed by atoms with Gasteiger partial charge in [0.1, 0.15) is 11.9 Å². The van der Waals surface area contributed by atoms with Crippen molar-refractivity contribution in [1.29, 1.82) is 0 Å². The molecule has 1 fully saturated rings. The molecule has 1 aliphatic heterocycles. The predicted molar refractivity (Wildman–Crippen MR) is 80.2 cm³/mol. The summed E-state index contributed by atoms with van der Waals surface area (Å²) in [6.07, 6.45) is 1.32. The fourth-order valence-electron chi connectivity index (χ4n) is 2.24. The fourth-order valence-corrected chi connectivity index (χ4v) is 2.24. The topological polar surface area (TPSA) is 75.8 Å². The molecule has 0 aromatic heterocycles. The van der Waals surface area contributed by atoms with E-state index in [-0.39, 0.29) is 6.10 Å². The minimum atomic E-state index is -0.856. The highest BCUT2D eigenvalue weighted by Gasteiger charge is 2.23. The third kappa shape index (κ3) is 4.69. The molecule has 1 aromatic rings. The largest absolute Gasteiger partial charge is 0.490 e. The monoisotopic (exact) mass is 288 g/mol. The van der Waals surface area contributed by atoms with Crippen LogP contribution in [0.3, 0.4) is 0 Å². The number of carbonyl (C=O) groups is 1. The number of nitrogens with zero attached hydrogens (tertiary/aromatic N) is 1. The Bertz CT molecular complexity index is 540. The van der Waals surface area contributed by atoms with Crippen molar-refractivity contribution < 1.29 is 14.6 Å². The first-order valence-electron chi connectivity index (χ1n) is 7.12. The van der Waals surface area contributed by atoms with E-state index in [4.69, 9.17) is 15.6 Å². The van der Waals surface area contributed by atoms with Gasteiger partial charge in [-0.3, -0.25) is 0 Å². The van der Waals surface area contributed by atoms with E-state index in [1.54, 1.807) is 0 Å². The molecule has 1 heterocycles. The van der Waals surface area contributed by atoms with Gasteiger partial charge in [0.05, 0.1) is 0 Å². The maximum Gasteiger partial charge on any atom is 0.407 e. The summed E-state index contributed by atoms with van der Waals surface area (Å²) in [4.78, 5) is 12.3. The molecule has 0 radical (unpaired) electrons. The number of likely N-dealkylation sites (tertiary alicyclic amines) is 1. The summed E-state index contributed by atoms with van der Waals surface area (Å²) in [5.74, 6) is 6.83. The molecule has 5 heteroatoms. The van der Waals surface area contributed by atoms with E-state index in [0.717, 1.165) is 24.2 Å². The SMILES string of the molecule is NCCC#Cc1cccc(OC2CCN(C(=O)O)CC2)c1. The standard InChI is InChI=1S/C16H20N2O3/c17-9-2-1-4-13-5-3-6-15(12-13)21-14-7-10-18(11-8-14)16(19)20/h3,5-6,12,14H,2,7-11,17H2,(H,19,20). The van der Waals surface area contributed by atoms with Crippen molar-refractivity contribution in [1.82, 2.24) is 4.90 Å². The Balaban J connectivity index is 1.91. The Morgan fingerprint density at radius 1 is 1.43 bits per heavy atom. The van der Waals surface area contributed by atoms with Crippen LogP contribution in [0.1, 0.15) is 24.8 Å². The van der Waals surface area contributed by atoms with E-state index >= 15 is 0 Å².